The Balaban J connectivity index is 1.84. The van der Waals surface area contributed by atoms with E-state index in [1.54, 1.807) is 0 Å². The molecule has 122 valence electrons. The summed E-state index contributed by atoms with van der Waals surface area (Å²) < 4.78 is 2.31. The average Bonchev–Trinajstić information content (AvgIpc) is 2.92. The molecule has 1 aliphatic heterocycles. The number of nitrogens with zero attached hydrogens (tertiary/aromatic N) is 2. The van der Waals surface area contributed by atoms with Crippen molar-refractivity contribution in [3.05, 3.63) is 52.3 Å². The van der Waals surface area contributed by atoms with E-state index in [1.807, 2.05) is 30.0 Å². The number of amides is 2. The van der Waals surface area contributed by atoms with Crippen LogP contribution < -0.4 is 5.32 Å². The summed E-state index contributed by atoms with van der Waals surface area (Å²) in [5.41, 5.74) is 4.14. The van der Waals surface area contributed by atoms with Gasteiger partial charge in [0.25, 0.3) is 0 Å². The third-order valence-electron chi connectivity index (χ3n) is 4.67. The Labute approximate surface area is 142 Å². The van der Waals surface area contributed by atoms with Crippen molar-refractivity contribution in [2.24, 2.45) is 0 Å². The van der Waals surface area contributed by atoms with E-state index in [1.165, 1.54) is 11.4 Å². The third kappa shape index (κ3) is 2.83. The molecule has 2 aromatic rings. The van der Waals surface area contributed by atoms with Crippen molar-refractivity contribution < 1.29 is 4.79 Å². The first kappa shape index (κ1) is 15.9. The van der Waals surface area contributed by atoms with Crippen LogP contribution in [0.25, 0.3) is 0 Å². The van der Waals surface area contributed by atoms with Gasteiger partial charge in [0.05, 0.1) is 6.04 Å². The van der Waals surface area contributed by atoms with Gasteiger partial charge in [0.15, 0.2) is 0 Å². The first-order valence-corrected chi connectivity index (χ1v) is 8.39. The SMILES string of the molecule is CCC1c2ccc(C)n2CCN1C(=O)Nc1cccc(Cl)c1C. The number of carbonyl (C=O) groups excluding carboxylic acids is 1. The molecule has 1 aromatic heterocycles. The smallest absolute Gasteiger partial charge is 0.322 e. The molecule has 2 heterocycles. The fourth-order valence-electron chi connectivity index (χ4n) is 3.31. The summed E-state index contributed by atoms with van der Waals surface area (Å²) in [5.74, 6) is 0. The summed E-state index contributed by atoms with van der Waals surface area (Å²) in [4.78, 5) is 14.7. The van der Waals surface area contributed by atoms with Crippen LogP contribution in [0.2, 0.25) is 5.02 Å². The molecule has 23 heavy (non-hydrogen) atoms. The van der Waals surface area contributed by atoms with Crippen molar-refractivity contribution in [3.63, 3.8) is 0 Å². The van der Waals surface area contributed by atoms with E-state index < -0.39 is 0 Å². The molecule has 0 fully saturated rings. The highest BCUT2D eigenvalue weighted by molar-refractivity contribution is 6.31. The molecule has 3 rings (SSSR count). The van der Waals surface area contributed by atoms with Gasteiger partial charge in [-0.25, -0.2) is 4.79 Å². The lowest BCUT2D eigenvalue weighted by Crippen LogP contribution is -2.44. The van der Waals surface area contributed by atoms with Gasteiger partial charge in [-0.05, 0) is 50.1 Å². The fourth-order valence-corrected chi connectivity index (χ4v) is 3.49. The van der Waals surface area contributed by atoms with Crippen LogP contribution in [-0.4, -0.2) is 22.0 Å². The molecular weight excluding hydrogens is 310 g/mol. The molecule has 0 radical (unpaired) electrons. The molecule has 0 saturated heterocycles. The largest absolute Gasteiger partial charge is 0.345 e. The van der Waals surface area contributed by atoms with Gasteiger partial charge in [-0.15, -0.1) is 0 Å². The summed E-state index contributed by atoms with van der Waals surface area (Å²) in [7, 11) is 0. The molecule has 4 nitrogen and oxygen atoms in total. The number of anilines is 1. The van der Waals surface area contributed by atoms with Crippen LogP contribution in [0.1, 0.15) is 36.3 Å². The second-order valence-corrected chi connectivity index (χ2v) is 6.42. The van der Waals surface area contributed by atoms with E-state index in [0.29, 0.717) is 11.6 Å². The highest BCUT2D eigenvalue weighted by Crippen LogP contribution is 2.31. The van der Waals surface area contributed by atoms with Gasteiger partial charge in [-0.3, -0.25) is 0 Å². The molecule has 5 heteroatoms. The lowest BCUT2D eigenvalue weighted by atomic mass is 10.1. The van der Waals surface area contributed by atoms with E-state index >= 15 is 0 Å². The van der Waals surface area contributed by atoms with Gasteiger partial charge in [0, 0.05) is 35.2 Å². The maximum absolute atomic E-state index is 12.8. The van der Waals surface area contributed by atoms with Crippen molar-refractivity contribution in [1.82, 2.24) is 9.47 Å². The van der Waals surface area contributed by atoms with E-state index in [4.69, 9.17) is 11.6 Å². The molecule has 1 unspecified atom stereocenters. The maximum Gasteiger partial charge on any atom is 0.322 e. The van der Waals surface area contributed by atoms with Gasteiger partial charge in [0.2, 0.25) is 0 Å². The predicted molar refractivity (Wildman–Crippen MR) is 94.1 cm³/mol. The van der Waals surface area contributed by atoms with Crippen molar-refractivity contribution in [2.45, 2.75) is 39.8 Å². The van der Waals surface area contributed by atoms with Gasteiger partial charge >= 0.3 is 6.03 Å². The molecule has 1 atom stereocenters. The fraction of sp³-hybridized carbons (Fsp3) is 0.389. The van der Waals surface area contributed by atoms with Crippen molar-refractivity contribution in [2.75, 3.05) is 11.9 Å². The van der Waals surface area contributed by atoms with Gasteiger partial charge in [0.1, 0.15) is 0 Å². The second kappa shape index (κ2) is 6.28. The first-order chi connectivity index (χ1) is 11.0. The van der Waals surface area contributed by atoms with Crippen LogP contribution in [0.3, 0.4) is 0 Å². The summed E-state index contributed by atoms with van der Waals surface area (Å²) in [6, 6.07) is 9.87. The number of benzene rings is 1. The minimum absolute atomic E-state index is 0.0627. The zero-order chi connectivity index (χ0) is 16.6. The number of urea groups is 1. The number of aryl methyl sites for hydroxylation is 1. The van der Waals surface area contributed by atoms with Crippen LogP contribution in [0.5, 0.6) is 0 Å². The zero-order valence-corrected chi connectivity index (χ0v) is 14.5. The number of carbonyl (C=O) groups is 1. The summed E-state index contributed by atoms with van der Waals surface area (Å²) in [6.07, 6.45) is 0.894. The summed E-state index contributed by atoms with van der Waals surface area (Å²) >= 11 is 6.14. The number of fused-ring (bicyclic) bond motifs is 1. The van der Waals surface area contributed by atoms with Crippen LogP contribution in [-0.2, 0) is 6.54 Å². The standard InChI is InChI=1S/C18H22ClN3O/c1-4-16-17-9-8-12(2)21(17)10-11-22(16)18(23)20-15-7-5-6-14(19)13(15)3/h5-9,16H,4,10-11H2,1-3H3,(H,20,23). The second-order valence-electron chi connectivity index (χ2n) is 6.01. The van der Waals surface area contributed by atoms with Gasteiger partial charge in [-0.2, -0.15) is 0 Å². The zero-order valence-electron chi connectivity index (χ0n) is 13.8. The monoisotopic (exact) mass is 331 g/mol. The van der Waals surface area contributed by atoms with Crippen molar-refractivity contribution >= 4 is 23.3 Å². The van der Waals surface area contributed by atoms with E-state index in [9.17, 15) is 4.79 Å². The van der Waals surface area contributed by atoms with E-state index in [-0.39, 0.29) is 12.1 Å². The molecule has 0 saturated carbocycles. The summed E-state index contributed by atoms with van der Waals surface area (Å²) in [5, 5.41) is 3.68. The van der Waals surface area contributed by atoms with E-state index in [0.717, 1.165) is 24.2 Å². The molecule has 1 aromatic carbocycles. The molecule has 2 amide bonds. The minimum Gasteiger partial charge on any atom is -0.345 e. The third-order valence-corrected chi connectivity index (χ3v) is 5.08. The Morgan fingerprint density at radius 1 is 1.26 bits per heavy atom. The van der Waals surface area contributed by atoms with Crippen LogP contribution in [0.15, 0.2) is 30.3 Å². The number of halogens is 1. The maximum atomic E-state index is 12.8. The van der Waals surface area contributed by atoms with Crippen LogP contribution >= 0.6 is 11.6 Å². The number of aromatic nitrogens is 1. The van der Waals surface area contributed by atoms with Crippen molar-refractivity contribution in [3.8, 4) is 0 Å². The topological polar surface area (TPSA) is 37.3 Å². The molecule has 1 aliphatic rings. The highest BCUT2D eigenvalue weighted by Gasteiger charge is 2.30. The molecule has 0 aliphatic carbocycles. The van der Waals surface area contributed by atoms with Crippen LogP contribution in [0.4, 0.5) is 10.5 Å². The van der Waals surface area contributed by atoms with E-state index in [2.05, 4.69) is 35.9 Å². The van der Waals surface area contributed by atoms with Crippen molar-refractivity contribution in [1.29, 1.82) is 0 Å². The lowest BCUT2D eigenvalue weighted by Gasteiger charge is -2.37. The normalized spacial score (nSPS) is 17.0. The molecular formula is C18H22ClN3O. The highest BCUT2D eigenvalue weighted by atomic mass is 35.5. The Hall–Kier alpha value is -1.94. The Kier molecular flexibility index (Phi) is 4.35. The summed E-state index contributed by atoms with van der Waals surface area (Å²) in [6.45, 7) is 7.70. The Bertz CT molecular complexity index is 738. The van der Waals surface area contributed by atoms with Gasteiger partial charge in [-0.1, -0.05) is 24.6 Å². The molecule has 0 bridgehead atoms. The number of hydrogen-bond acceptors (Lipinski definition) is 1. The van der Waals surface area contributed by atoms with Crippen LogP contribution in [0, 0.1) is 13.8 Å². The number of nitrogens with one attached hydrogen (secondary N) is 1. The molecule has 0 spiro atoms. The number of rotatable bonds is 2. The predicted octanol–water partition coefficient (Wildman–Crippen LogP) is 4.76. The number of hydrogen-bond donors (Lipinski definition) is 1. The van der Waals surface area contributed by atoms with Gasteiger partial charge < -0.3 is 14.8 Å². The Morgan fingerprint density at radius 3 is 2.78 bits per heavy atom. The quantitative estimate of drug-likeness (QED) is 0.846. The minimum atomic E-state index is -0.0627. The Morgan fingerprint density at radius 2 is 2.04 bits per heavy atom. The first-order valence-electron chi connectivity index (χ1n) is 8.01. The molecule has 1 N–H and O–H groups in total. The average molecular weight is 332 g/mol. The lowest BCUT2D eigenvalue weighted by molar-refractivity contribution is 0.165.